The molecule has 1 fully saturated rings. The molecule has 0 aliphatic carbocycles. The van der Waals surface area contributed by atoms with E-state index in [-0.39, 0.29) is 0 Å². The summed E-state index contributed by atoms with van der Waals surface area (Å²) < 4.78 is 2.19. The lowest BCUT2D eigenvalue weighted by molar-refractivity contribution is 0.489. The van der Waals surface area contributed by atoms with Crippen LogP contribution in [0.25, 0.3) is 0 Å². The Hall–Kier alpha value is -0.480. The number of aromatic nitrogens is 2. The van der Waals surface area contributed by atoms with Crippen molar-refractivity contribution in [3.8, 4) is 0 Å². The summed E-state index contributed by atoms with van der Waals surface area (Å²) in [6.45, 7) is 2.87. The summed E-state index contributed by atoms with van der Waals surface area (Å²) in [6, 6.07) is 0.617. The molecule has 1 aliphatic heterocycles. The lowest BCUT2D eigenvalue weighted by Gasteiger charge is -2.11. The van der Waals surface area contributed by atoms with Crippen molar-refractivity contribution in [3.63, 3.8) is 0 Å². The van der Waals surface area contributed by atoms with Crippen molar-refractivity contribution in [3.05, 3.63) is 17.5 Å². The van der Waals surface area contributed by atoms with E-state index in [2.05, 4.69) is 16.7 Å². The fourth-order valence-electron chi connectivity index (χ4n) is 1.94. The van der Waals surface area contributed by atoms with Gasteiger partial charge in [0.2, 0.25) is 0 Å². The number of hydrogen-bond donors (Lipinski definition) is 1. The minimum absolute atomic E-state index is 0.617. The van der Waals surface area contributed by atoms with E-state index in [0.29, 0.717) is 12.6 Å². The monoisotopic (exact) mass is 211 g/mol. The van der Waals surface area contributed by atoms with Crippen molar-refractivity contribution in [2.24, 2.45) is 5.73 Å². The van der Waals surface area contributed by atoms with E-state index >= 15 is 0 Å². The first-order valence-electron chi connectivity index (χ1n) is 5.13. The largest absolute Gasteiger partial charge is 0.330 e. The Morgan fingerprint density at radius 3 is 3.21 bits per heavy atom. The van der Waals surface area contributed by atoms with E-state index in [9.17, 15) is 0 Å². The molecule has 1 unspecified atom stereocenters. The molecular weight excluding hydrogens is 194 g/mol. The van der Waals surface area contributed by atoms with Gasteiger partial charge in [-0.05, 0) is 37.6 Å². The van der Waals surface area contributed by atoms with E-state index in [0.717, 1.165) is 6.42 Å². The Bertz CT molecular complexity index is 302. The number of rotatable bonds is 3. The van der Waals surface area contributed by atoms with Crippen molar-refractivity contribution in [1.82, 2.24) is 9.78 Å². The van der Waals surface area contributed by atoms with Gasteiger partial charge < -0.3 is 5.73 Å². The van der Waals surface area contributed by atoms with Gasteiger partial charge in [-0.1, -0.05) is 0 Å². The quantitative estimate of drug-likeness (QED) is 0.821. The molecule has 4 heteroatoms. The Morgan fingerprint density at radius 2 is 2.57 bits per heavy atom. The summed E-state index contributed by atoms with van der Waals surface area (Å²) in [4.78, 5) is 0. The third kappa shape index (κ3) is 1.81. The number of nitrogens with two attached hydrogens (primary N) is 1. The smallest absolute Gasteiger partial charge is 0.0620 e. The van der Waals surface area contributed by atoms with Crippen LogP contribution in [0.5, 0.6) is 0 Å². The third-order valence-electron chi connectivity index (χ3n) is 2.81. The minimum Gasteiger partial charge on any atom is -0.330 e. The summed E-state index contributed by atoms with van der Waals surface area (Å²) in [5.41, 5.74) is 8.17. The number of thioether (sulfide) groups is 1. The topological polar surface area (TPSA) is 43.8 Å². The van der Waals surface area contributed by atoms with Gasteiger partial charge in [0, 0.05) is 11.4 Å². The van der Waals surface area contributed by atoms with E-state index in [4.69, 9.17) is 5.73 Å². The zero-order valence-electron chi connectivity index (χ0n) is 8.57. The highest BCUT2D eigenvalue weighted by Gasteiger charge is 2.20. The van der Waals surface area contributed by atoms with Crippen molar-refractivity contribution >= 4 is 11.8 Å². The second-order valence-corrected chi connectivity index (χ2v) is 4.91. The summed E-state index contributed by atoms with van der Waals surface area (Å²) in [5, 5.41) is 4.46. The van der Waals surface area contributed by atoms with Gasteiger partial charge in [-0.3, -0.25) is 4.68 Å². The van der Waals surface area contributed by atoms with Crippen LogP contribution in [0.2, 0.25) is 0 Å². The third-order valence-corrected chi connectivity index (χ3v) is 3.96. The van der Waals surface area contributed by atoms with Crippen molar-refractivity contribution in [2.75, 3.05) is 18.1 Å². The van der Waals surface area contributed by atoms with Crippen LogP contribution in [0.1, 0.15) is 23.7 Å². The van der Waals surface area contributed by atoms with Crippen molar-refractivity contribution < 1.29 is 0 Å². The molecule has 1 aromatic heterocycles. The molecule has 1 saturated heterocycles. The highest BCUT2D eigenvalue weighted by atomic mass is 32.2. The maximum absolute atomic E-state index is 5.55. The predicted octanol–water partition coefficient (Wildman–Crippen LogP) is 1.37. The second-order valence-electron chi connectivity index (χ2n) is 3.76. The molecule has 2 N–H and O–H groups in total. The fraction of sp³-hybridized carbons (Fsp3) is 0.700. The molecule has 1 aliphatic rings. The Balaban J connectivity index is 2.17. The zero-order chi connectivity index (χ0) is 9.97. The van der Waals surface area contributed by atoms with E-state index in [1.165, 1.54) is 29.2 Å². The van der Waals surface area contributed by atoms with Gasteiger partial charge in [-0.15, -0.1) is 0 Å². The first-order valence-corrected chi connectivity index (χ1v) is 6.29. The van der Waals surface area contributed by atoms with Crippen LogP contribution in [0.15, 0.2) is 6.20 Å². The van der Waals surface area contributed by atoms with Gasteiger partial charge in [0.1, 0.15) is 0 Å². The minimum atomic E-state index is 0.617. The van der Waals surface area contributed by atoms with Crippen molar-refractivity contribution in [1.29, 1.82) is 0 Å². The zero-order valence-corrected chi connectivity index (χ0v) is 9.39. The predicted molar refractivity (Wildman–Crippen MR) is 60.7 cm³/mol. The number of hydrogen-bond acceptors (Lipinski definition) is 3. The molecule has 0 bridgehead atoms. The van der Waals surface area contributed by atoms with Crippen LogP contribution in [0, 0.1) is 6.92 Å². The van der Waals surface area contributed by atoms with Crippen LogP contribution in [-0.2, 0) is 6.42 Å². The first kappa shape index (κ1) is 10.1. The Kier molecular flexibility index (Phi) is 3.13. The normalized spacial score (nSPS) is 21.7. The molecule has 0 spiro atoms. The van der Waals surface area contributed by atoms with Gasteiger partial charge in [-0.25, -0.2) is 0 Å². The summed E-state index contributed by atoms with van der Waals surface area (Å²) >= 11 is 2.02. The molecular formula is C10H17N3S. The maximum atomic E-state index is 5.55. The lowest BCUT2D eigenvalue weighted by atomic mass is 10.2. The van der Waals surface area contributed by atoms with Crippen LogP contribution in [-0.4, -0.2) is 27.8 Å². The van der Waals surface area contributed by atoms with E-state index in [1.807, 2.05) is 18.0 Å². The maximum Gasteiger partial charge on any atom is 0.0620 e. The number of nitrogens with zero attached hydrogens (tertiary/aromatic N) is 2. The average molecular weight is 211 g/mol. The fourth-order valence-corrected chi connectivity index (χ4v) is 3.13. The lowest BCUT2D eigenvalue weighted by Crippen LogP contribution is -2.12. The summed E-state index contributed by atoms with van der Waals surface area (Å²) in [7, 11) is 0. The van der Waals surface area contributed by atoms with Gasteiger partial charge in [0.25, 0.3) is 0 Å². The molecule has 0 saturated carbocycles. The van der Waals surface area contributed by atoms with Crippen LogP contribution in [0.4, 0.5) is 0 Å². The summed E-state index contributed by atoms with van der Waals surface area (Å²) in [5.74, 6) is 2.49. The molecule has 1 aromatic rings. The van der Waals surface area contributed by atoms with Crippen LogP contribution < -0.4 is 5.73 Å². The van der Waals surface area contributed by atoms with Gasteiger partial charge >= 0.3 is 0 Å². The molecule has 0 amide bonds. The molecule has 14 heavy (non-hydrogen) atoms. The van der Waals surface area contributed by atoms with Crippen LogP contribution >= 0.6 is 11.8 Å². The Morgan fingerprint density at radius 1 is 1.71 bits per heavy atom. The molecule has 0 radical (unpaired) electrons. The molecule has 0 aromatic carbocycles. The second kappa shape index (κ2) is 4.36. The first-order chi connectivity index (χ1) is 6.83. The van der Waals surface area contributed by atoms with Gasteiger partial charge in [0.15, 0.2) is 0 Å². The van der Waals surface area contributed by atoms with Gasteiger partial charge in [-0.2, -0.15) is 16.9 Å². The Labute approximate surface area is 89.1 Å². The molecule has 3 nitrogen and oxygen atoms in total. The SMILES string of the molecule is Cc1c(CCN)cnn1C1CCSC1. The molecule has 2 heterocycles. The highest BCUT2D eigenvalue weighted by Crippen LogP contribution is 2.28. The van der Waals surface area contributed by atoms with Crippen molar-refractivity contribution in [2.45, 2.75) is 25.8 Å². The van der Waals surface area contributed by atoms with E-state index in [1.54, 1.807) is 0 Å². The standard InChI is InChI=1S/C10H17N3S/c1-8-9(2-4-11)6-12-13(8)10-3-5-14-7-10/h6,10H,2-5,7,11H2,1H3. The van der Waals surface area contributed by atoms with Gasteiger partial charge in [0.05, 0.1) is 12.2 Å². The van der Waals surface area contributed by atoms with E-state index < -0.39 is 0 Å². The summed E-state index contributed by atoms with van der Waals surface area (Å²) in [6.07, 6.45) is 4.19. The highest BCUT2D eigenvalue weighted by molar-refractivity contribution is 7.99. The molecule has 1 atom stereocenters. The molecule has 78 valence electrons. The average Bonchev–Trinajstić information content (AvgIpc) is 2.77. The molecule has 2 rings (SSSR count). The van der Waals surface area contributed by atoms with Crippen LogP contribution in [0.3, 0.4) is 0 Å².